The van der Waals surface area contributed by atoms with Crippen LogP contribution in [0.25, 0.3) is 11.0 Å². The number of hydrogen-bond donors (Lipinski definition) is 1. The van der Waals surface area contributed by atoms with Crippen LogP contribution in [0.1, 0.15) is 31.9 Å². The van der Waals surface area contributed by atoms with Gasteiger partial charge in [0.1, 0.15) is 23.9 Å². The molecule has 0 aliphatic rings. The first-order valence-electron chi connectivity index (χ1n) is 11.5. The van der Waals surface area contributed by atoms with Crippen LogP contribution in [0.2, 0.25) is 0 Å². The first-order chi connectivity index (χ1) is 17.0. The predicted molar refractivity (Wildman–Crippen MR) is 131 cm³/mol. The highest BCUT2D eigenvalue weighted by molar-refractivity contribution is 6.01. The number of carbonyl (C=O) groups excluding carboxylic acids is 2. The molecule has 0 radical (unpaired) electrons. The molecule has 1 unspecified atom stereocenters. The molecule has 0 saturated carbocycles. The smallest absolute Gasteiger partial charge is 0.249 e. The minimum atomic E-state index is -1.11. The summed E-state index contributed by atoms with van der Waals surface area (Å²) in [6, 6.07) is 15.4. The largest absolute Gasteiger partial charge is 0.354 e. The number of hydrogen-bond acceptors (Lipinski definition) is 5. The number of aromatic nitrogens is 4. The van der Waals surface area contributed by atoms with E-state index in [4.69, 9.17) is 0 Å². The molecular formula is C26H27FN6O2. The molecule has 0 fully saturated rings. The molecule has 35 heavy (non-hydrogen) atoms. The van der Waals surface area contributed by atoms with Crippen LogP contribution in [0, 0.1) is 11.7 Å². The maximum atomic E-state index is 15.1. The van der Waals surface area contributed by atoms with Crippen molar-refractivity contribution in [2.75, 3.05) is 11.4 Å². The van der Waals surface area contributed by atoms with Crippen molar-refractivity contribution in [1.29, 1.82) is 0 Å². The Labute approximate surface area is 202 Å². The third-order valence-corrected chi connectivity index (χ3v) is 5.64. The number of halogens is 1. The normalized spacial score (nSPS) is 12.0. The summed E-state index contributed by atoms with van der Waals surface area (Å²) >= 11 is 0. The molecule has 8 nitrogen and oxygen atoms in total. The SMILES string of the molecule is CC(C)CCNC(=O)C(c1ccncc1)N(C(=O)Cn1nnc2ccccc21)c1ccccc1F. The topological polar surface area (TPSA) is 93.0 Å². The molecule has 1 N–H and O–H groups in total. The van der Waals surface area contributed by atoms with Crippen molar-refractivity contribution < 1.29 is 14.0 Å². The molecule has 0 aliphatic carbocycles. The zero-order valence-electron chi connectivity index (χ0n) is 19.6. The summed E-state index contributed by atoms with van der Waals surface area (Å²) in [4.78, 5) is 32.5. The first kappa shape index (κ1) is 24.0. The Kier molecular flexibility index (Phi) is 7.45. The summed E-state index contributed by atoms with van der Waals surface area (Å²) in [6.07, 6.45) is 3.85. The van der Waals surface area contributed by atoms with Crippen LogP contribution >= 0.6 is 0 Å². The Morgan fingerprint density at radius 2 is 1.74 bits per heavy atom. The summed E-state index contributed by atoms with van der Waals surface area (Å²) in [7, 11) is 0. The van der Waals surface area contributed by atoms with Gasteiger partial charge in [0.05, 0.1) is 11.2 Å². The van der Waals surface area contributed by atoms with Gasteiger partial charge in [-0.15, -0.1) is 5.10 Å². The Balaban J connectivity index is 1.76. The van der Waals surface area contributed by atoms with Gasteiger partial charge in [-0.2, -0.15) is 0 Å². The van der Waals surface area contributed by atoms with E-state index < -0.39 is 23.7 Å². The van der Waals surface area contributed by atoms with Gasteiger partial charge in [0.15, 0.2) is 0 Å². The van der Waals surface area contributed by atoms with Gasteiger partial charge in [-0.25, -0.2) is 9.07 Å². The van der Waals surface area contributed by atoms with E-state index in [2.05, 4.69) is 34.5 Å². The van der Waals surface area contributed by atoms with Crippen LogP contribution in [-0.2, 0) is 16.1 Å². The number of nitrogens with zero attached hydrogens (tertiary/aromatic N) is 5. The van der Waals surface area contributed by atoms with E-state index in [-0.39, 0.29) is 12.2 Å². The molecule has 2 heterocycles. The lowest BCUT2D eigenvalue weighted by atomic mass is 10.0. The maximum absolute atomic E-state index is 15.1. The third kappa shape index (κ3) is 5.51. The molecule has 0 saturated heterocycles. The maximum Gasteiger partial charge on any atom is 0.249 e. The number of rotatable bonds is 9. The lowest BCUT2D eigenvalue weighted by molar-refractivity contribution is -0.127. The average Bonchev–Trinajstić information content (AvgIpc) is 3.26. The number of fused-ring (bicyclic) bond motifs is 1. The second-order valence-corrected chi connectivity index (χ2v) is 8.61. The number of anilines is 1. The van der Waals surface area contributed by atoms with E-state index in [0.29, 0.717) is 29.1 Å². The lowest BCUT2D eigenvalue weighted by Crippen LogP contribution is -2.46. The molecule has 4 rings (SSSR count). The summed E-state index contributed by atoms with van der Waals surface area (Å²) in [5.74, 6) is -1.14. The molecular weight excluding hydrogens is 447 g/mol. The van der Waals surface area contributed by atoms with Crippen LogP contribution in [-0.4, -0.2) is 38.3 Å². The Morgan fingerprint density at radius 1 is 1.03 bits per heavy atom. The van der Waals surface area contributed by atoms with E-state index in [1.165, 1.54) is 27.8 Å². The van der Waals surface area contributed by atoms with Crippen LogP contribution < -0.4 is 10.2 Å². The van der Waals surface area contributed by atoms with Gasteiger partial charge in [-0.3, -0.25) is 19.5 Å². The summed E-state index contributed by atoms with van der Waals surface area (Å²) in [6.45, 7) is 4.33. The predicted octanol–water partition coefficient (Wildman–Crippen LogP) is 3.90. The molecule has 0 spiro atoms. The van der Waals surface area contributed by atoms with E-state index in [0.717, 1.165) is 6.42 Å². The van der Waals surface area contributed by atoms with Crippen molar-refractivity contribution in [3.05, 3.63) is 84.4 Å². The minimum Gasteiger partial charge on any atom is -0.354 e. The zero-order valence-corrected chi connectivity index (χ0v) is 19.6. The summed E-state index contributed by atoms with van der Waals surface area (Å²) in [5.41, 5.74) is 1.82. The number of pyridine rings is 1. The van der Waals surface area contributed by atoms with E-state index in [1.54, 1.807) is 42.7 Å². The molecule has 2 amide bonds. The van der Waals surface area contributed by atoms with Crippen LogP contribution in [0.4, 0.5) is 10.1 Å². The number of nitrogens with one attached hydrogen (secondary N) is 1. The number of amides is 2. The minimum absolute atomic E-state index is 0.00254. The van der Waals surface area contributed by atoms with Gasteiger partial charge < -0.3 is 5.32 Å². The van der Waals surface area contributed by atoms with Gasteiger partial charge in [0.2, 0.25) is 11.8 Å². The number of carbonyl (C=O) groups is 2. The molecule has 180 valence electrons. The fourth-order valence-electron chi connectivity index (χ4n) is 3.85. The molecule has 0 aliphatic heterocycles. The number of benzene rings is 2. The second kappa shape index (κ2) is 10.9. The van der Waals surface area contributed by atoms with Crippen LogP contribution in [0.3, 0.4) is 0 Å². The van der Waals surface area contributed by atoms with Crippen molar-refractivity contribution in [3.63, 3.8) is 0 Å². The Morgan fingerprint density at radius 3 is 2.49 bits per heavy atom. The molecule has 9 heteroatoms. The van der Waals surface area contributed by atoms with Crippen molar-refractivity contribution in [2.45, 2.75) is 32.9 Å². The van der Waals surface area contributed by atoms with Gasteiger partial charge >= 0.3 is 0 Å². The Bertz CT molecular complexity index is 1310. The van der Waals surface area contributed by atoms with Crippen LogP contribution in [0.5, 0.6) is 0 Å². The van der Waals surface area contributed by atoms with Gasteiger partial charge in [0.25, 0.3) is 0 Å². The fraction of sp³-hybridized carbons (Fsp3) is 0.269. The molecule has 1 atom stereocenters. The van der Waals surface area contributed by atoms with E-state index in [1.807, 2.05) is 12.1 Å². The molecule has 2 aromatic carbocycles. The van der Waals surface area contributed by atoms with Gasteiger partial charge in [-0.1, -0.05) is 43.3 Å². The lowest BCUT2D eigenvalue weighted by Gasteiger charge is -2.31. The monoisotopic (exact) mass is 474 g/mol. The zero-order chi connectivity index (χ0) is 24.8. The Hall–Kier alpha value is -4.14. The second-order valence-electron chi connectivity index (χ2n) is 8.61. The molecule has 2 aromatic heterocycles. The van der Waals surface area contributed by atoms with Crippen LogP contribution in [0.15, 0.2) is 73.1 Å². The highest BCUT2D eigenvalue weighted by Gasteiger charge is 2.34. The highest BCUT2D eigenvalue weighted by Crippen LogP contribution is 2.30. The molecule has 0 bridgehead atoms. The summed E-state index contributed by atoms with van der Waals surface area (Å²) < 4.78 is 16.5. The van der Waals surface area contributed by atoms with E-state index >= 15 is 4.39 Å². The van der Waals surface area contributed by atoms with E-state index in [9.17, 15) is 9.59 Å². The van der Waals surface area contributed by atoms with Gasteiger partial charge in [-0.05, 0) is 54.3 Å². The quantitative estimate of drug-likeness (QED) is 0.397. The first-order valence-corrected chi connectivity index (χ1v) is 11.5. The number of para-hydroxylation sites is 2. The average molecular weight is 475 g/mol. The van der Waals surface area contributed by atoms with Crippen molar-refractivity contribution in [2.24, 2.45) is 5.92 Å². The fourth-order valence-corrected chi connectivity index (χ4v) is 3.85. The van der Waals surface area contributed by atoms with Gasteiger partial charge in [0, 0.05) is 18.9 Å². The standard InChI is InChI=1S/C26H27FN6O2/c1-18(2)11-16-29-26(35)25(19-12-14-28-15-13-19)33(22-9-5-3-7-20(22)27)24(34)17-32-23-10-6-4-8-21(23)30-31-32/h3-10,12-15,18,25H,11,16-17H2,1-2H3,(H,29,35). The third-order valence-electron chi connectivity index (χ3n) is 5.64. The van der Waals surface area contributed by atoms with Crippen molar-refractivity contribution in [3.8, 4) is 0 Å². The highest BCUT2D eigenvalue weighted by atomic mass is 19.1. The van der Waals surface area contributed by atoms with Crippen molar-refractivity contribution >= 4 is 28.5 Å². The van der Waals surface area contributed by atoms with Crippen molar-refractivity contribution in [1.82, 2.24) is 25.3 Å². The molecule has 4 aromatic rings. The summed E-state index contributed by atoms with van der Waals surface area (Å²) in [5, 5.41) is 11.1.